The normalized spacial score (nSPS) is 27.6. The van der Waals surface area contributed by atoms with Crippen LogP contribution < -0.4 is 0 Å². The SMILES string of the molecule is COC1CC[C@@]2(OC)CCN(C(=O)c3cc(-c4ccc(F)cc4)n[nH]3)C2C1. The summed E-state index contributed by atoms with van der Waals surface area (Å²) in [5.74, 6) is -0.389. The number of fused-ring (bicyclic) bond motifs is 1. The van der Waals surface area contributed by atoms with Crippen molar-refractivity contribution >= 4 is 5.91 Å². The van der Waals surface area contributed by atoms with Crippen molar-refractivity contribution < 1.29 is 18.7 Å². The molecule has 1 amide bonds. The van der Waals surface area contributed by atoms with Crippen molar-refractivity contribution in [1.29, 1.82) is 0 Å². The molecule has 0 radical (unpaired) electrons. The molecule has 2 unspecified atom stereocenters. The number of likely N-dealkylation sites (tertiary alicyclic amines) is 1. The second-order valence-electron chi connectivity index (χ2n) is 7.34. The summed E-state index contributed by atoms with van der Waals surface area (Å²) < 4.78 is 24.6. The van der Waals surface area contributed by atoms with Gasteiger partial charge in [0.1, 0.15) is 11.5 Å². The molecule has 1 aliphatic carbocycles. The van der Waals surface area contributed by atoms with Crippen LogP contribution in [0.5, 0.6) is 0 Å². The van der Waals surface area contributed by atoms with Crippen molar-refractivity contribution in [2.24, 2.45) is 0 Å². The fraction of sp³-hybridized carbons (Fsp3) is 0.500. The van der Waals surface area contributed by atoms with Crippen molar-refractivity contribution in [2.45, 2.75) is 43.4 Å². The van der Waals surface area contributed by atoms with Crippen LogP contribution in [-0.2, 0) is 9.47 Å². The Hall–Kier alpha value is -2.25. The van der Waals surface area contributed by atoms with E-state index in [0.717, 1.165) is 31.2 Å². The van der Waals surface area contributed by atoms with Crippen LogP contribution in [0.15, 0.2) is 30.3 Å². The number of H-pyrrole nitrogens is 1. The lowest BCUT2D eigenvalue weighted by atomic mass is 9.79. The minimum atomic E-state index is -0.302. The van der Waals surface area contributed by atoms with E-state index in [2.05, 4.69) is 10.2 Å². The van der Waals surface area contributed by atoms with Crippen LogP contribution in [0.2, 0.25) is 0 Å². The van der Waals surface area contributed by atoms with Gasteiger partial charge in [0.15, 0.2) is 0 Å². The summed E-state index contributed by atoms with van der Waals surface area (Å²) >= 11 is 0. The first-order valence-corrected chi connectivity index (χ1v) is 9.26. The van der Waals surface area contributed by atoms with Crippen molar-refractivity contribution in [3.63, 3.8) is 0 Å². The number of amides is 1. The fourth-order valence-electron chi connectivity index (χ4n) is 4.47. The molecule has 0 spiro atoms. The van der Waals surface area contributed by atoms with Crippen LogP contribution in [0.1, 0.15) is 36.2 Å². The topological polar surface area (TPSA) is 67.5 Å². The van der Waals surface area contributed by atoms with E-state index < -0.39 is 0 Å². The smallest absolute Gasteiger partial charge is 0.272 e. The van der Waals surface area contributed by atoms with Gasteiger partial charge >= 0.3 is 0 Å². The summed E-state index contributed by atoms with van der Waals surface area (Å²) in [6.45, 7) is 0.651. The first-order valence-electron chi connectivity index (χ1n) is 9.26. The van der Waals surface area contributed by atoms with Crippen molar-refractivity contribution in [3.05, 3.63) is 41.8 Å². The van der Waals surface area contributed by atoms with Gasteiger partial charge in [0, 0.05) is 26.3 Å². The molecular weight excluding hydrogens is 349 g/mol. The zero-order valence-corrected chi connectivity index (χ0v) is 15.6. The average molecular weight is 373 g/mol. The maximum Gasteiger partial charge on any atom is 0.272 e. The van der Waals surface area contributed by atoms with Crippen LogP contribution in [0, 0.1) is 5.82 Å². The van der Waals surface area contributed by atoms with E-state index in [0.29, 0.717) is 17.9 Å². The predicted molar refractivity (Wildman–Crippen MR) is 97.8 cm³/mol. The molecule has 0 bridgehead atoms. The Morgan fingerprint density at radius 2 is 2.07 bits per heavy atom. The number of hydrogen-bond donors (Lipinski definition) is 1. The maximum atomic E-state index is 13.2. The summed E-state index contributed by atoms with van der Waals surface area (Å²) in [6, 6.07) is 7.77. The number of carbonyl (C=O) groups is 1. The highest BCUT2D eigenvalue weighted by atomic mass is 19.1. The Morgan fingerprint density at radius 1 is 1.30 bits per heavy atom. The van der Waals surface area contributed by atoms with Gasteiger partial charge in [-0.2, -0.15) is 5.10 Å². The van der Waals surface area contributed by atoms with E-state index >= 15 is 0 Å². The molecule has 1 saturated carbocycles. The number of methoxy groups -OCH3 is 2. The molecular formula is C20H24FN3O3. The fourth-order valence-corrected chi connectivity index (χ4v) is 4.47. The van der Waals surface area contributed by atoms with E-state index in [1.807, 2.05) is 4.90 Å². The van der Waals surface area contributed by atoms with Crippen LogP contribution in [-0.4, -0.2) is 59.5 Å². The van der Waals surface area contributed by atoms with E-state index in [1.165, 1.54) is 12.1 Å². The van der Waals surface area contributed by atoms with Crippen LogP contribution in [0.25, 0.3) is 11.3 Å². The van der Waals surface area contributed by atoms with E-state index in [9.17, 15) is 9.18 Å². The van der Waals surface area contributed by atoms with Gasteiger partial charge in [0.25, 0.3) is 5.91 Å². The molecule has 1 N–H and O–H groups in total. The second-order valence-corrected chi connectivity index (χ2v) is 7.34. The number of nitrogens with zero attached hydrogens (tertiary/aromatic N) is 2. The molecule has 2 fully saturated rings. The summed E-state index contributed by atoms with van der Waals surface area (Å²) in [6.07, 6.45) is 3.58. The molecule has 1 saturated heterocycles. The molecule has 2 aliphatic rings. The van der Waals surface area contributed by atoms with Gasteiger partial charge in [-0.05, 0) is 56.0 Å². The van der Waals surface area contributed by atoms with Crippen molar-refractivity contribution in [2.75, 3.05) is 20.8 Å². The highest BCUT2D eigenvalue weighted by molar-refractivity contribution is 5.94. The van der Waals surface area contributed by atoms with Gasteiger partial charge in [-0.25, -0.2) is 4.39 Å². The third-order valence-corrected chi connectivity index (χ3v) is 6.08. The van der Waals surface area contributed by atoms with Gasteiger partial charge in [-0.1, -0.05) is 0 Å². The predicted octanol–water partition coefficient (Wildman–Crippen LogP) is 3.01. The largest absolute Gasteiger partial charge is 0.381 e. The quantitative estimate of drug-likeness (QED) is 0.895. The Labute approximate surface area is 157 Å². The lowest BCUT2D eigenvalue weighted by Gasteiger charge is -2.43. The Balaban J connectivity index is 1.56. The number of rotatable bonds is 4. The highest BCUT2D eigenvalue weighted by Gasteiger charge is 2.52. The number of aromatic nitrogens is 2. The van der Waals surface area contributed by atoms with Gasteiger partial charge in [-0.15, -0.1) is 0 Å². The summed E-state index contributed by atoms with van der Waals surface area (Å²) in [7, 11) is 3.45. The van der Waals surface area contributed by atoms with Crippen LogP contribution in [0.3, 0.4) is 0 Å². The lowest BCUT2D eigenvalue weighted by molar-refractivity contribution is -0.0894. The molecule has 4 rings (SSSR count). The molecule has 6 nitrogen and oxygen atoms in total. The Morgan fingerprint density at radius 3 is 2.78 bits per heavy atom. The second kappa shape index (κ2) is 7.05. The molecule has 144 valence electrons. The first kappa shape index (κ1) is 18.1. The molecule has 1 aliphatic heterocycles. The summed E-state index contributed by atoms with van der Waals surface area (Å²) in [5.41, 5.74) is 1.52. The van der Waals surface area contributed by atoms with E-state index in [4.69, 9.17) is 9.47 Å². The van der Waals surface area contributed by atoms with Gasteiger partial charge in [0.05, 0.1) is 23.4 Å². The number of nitrogens with one attached hydrogen (secondary N) is 1. The summed E-state index contributed by atoms with van der Waals surface area (Å²) in [4.78, 5) is 15.0. The number of ether oxygens (including phenoxy) is 2. The van der Waals surface area contributed by atoms with Gasteiger partial charge < -0.3 is 14.4 Å². The number of hydrogen-bond acceptors (Lipinski definition) is 4. The van der Waals surface area contributed by atoms with Crippen LogP contribution >= 0.6 is 0 Å². The van der Waals surface area contributed by atoms with Gasteiger partial charge in [0.2, 0.25) is 0 Å². The number of aromatic amines is 1. The Bertz CT molecular complexity index is 822. The first-order chi connectivity index (χ1) is 13.1. The monoisotopic (exact) mass is 373 g/mol. The minimum Gasteiger partial charge on any atom is -0.381 e. The van der Waals surface area contributed by atoms with Crippen molar-refractivity contribution in [3.8, 4) is 11.3 Å². The molecule has 7 heteroatoms. The third-order valence-electron chi connectivity index (χ3n) is 6.08. The minimum absolute atomic E-state index is 0.00808. The molecule has 27 heavy (non-hydrogen) atoms. The van der Waals surface area contributed by atoms with E-state index in [1.54, 1.807) is 32.4 Å². The molecule has 3 atom stereocenters. The molecule has 1 aromatic heterocycles. The van der Waals surface area contributed by atoms with Crippen LogP contribution in [0.4, 0.5) is 4.39 Å². The summed E-state index contributed by atoms with van der Waals surface area (Å²) in [5, 5.41) is 7.07. The van der Waals surface area contributed by atoms with Gasteiger partial charge in [-0.3, -0.25) is 9.89 Å². The number of carbonyl (C=O) groups excluding carboxylic acids is 1. The number of benzene rings is 1. The third kappa shape index (κ3) is 3.15. The van der Waals surface area contributed by atoms with Crippen molar-refractivity contribution in [1.82, 2.24) is 15.1 Å². The number of halogens is 1. The maximum absolute atomic E-state index is 13.2. The highest BCUT2D eigenvalue weighted by Crippen LogP contribution is 2.43. The average Bonchev–Trinajstić information content (AvgIpc) is 3.33. The van der Waals surface area contributed by atoms with E-state index in [-0.39, 0.29) is 29.5 Å². The molecule has 1 aromatic carbocycles. The molecule has 2 heterocycles. The zero-order valence-electron chi connectivity index (χ0n) is 15.6. The molecule has 2 aromatic rings. The zero-order chi connectivity index (χ0) is 19.0. The lowest BCUT2D eigenvalue weighted by Crippen LogP contribution is -2.53. The Kier molecular flexibility index (Phi) is 4.74. The standard InChI is InChI=1S/C20H24FN3O3/c1-26-15-7-8-20(27-2)9-10-24(18(20)11-15)19(25)17-12-16(22-23-17)13-3-5-14(21)6-4-13/h3-6,12,15,18H,7-11H2,1-2H3,(H,22,23)/t15?,18?,20-/m1/s1.